The molecule has 0 unspecified atom stereocenters. The van der Waals surface area contributed by atoms with Crippen LogP contribution in [0.3, 0.4) is 0 Å². The molecule has 0 saturated heterocycles. The van der Waals surface area contributed by atoms with E-state index < -0.39 is 0 Å². The van der Waals surface area contributed by atoms with Gasteiger partial charge in [-0.15, -0.1) is 0 Å². The number of nitrogens with two attached hydrogens (primary N) is 1. The van der Waals surface area contributed by atoms with Crippen LogP contribution >= 0.6 is 0 Å². The van der Waals surface area contributed by atoms with Gasteiger partial charge in [-0.25, -0.2) is 0 Å². The van der Waals surface area contributed by atoms with Crippen molar-refractivity contribution in [2.75, 3.05) is 24.2 Å². The summed E-state index contributed by atoms with van der Waals surface area (Å²) in [5, 5.41) is 17.9. The molecule has 0 aromatic carbocycles. The third-order valence-corrected chi connectivity index (χ3v) is 0.829. The van der Waals surface area contributed by atoms with Crippen molar-refractivity contribution in [3.05, 3.63) is 0 Å². The van der Waals surface area contributed by atoms with Gasteiger partial charge in [0.15, 0.2) is 0 Å². The maximum atomic E-state index is 8.35. The van der Waals surface area contributed by atoms with Crippen LogP contribution in [0.15, 0.2) is 4.42 Å². The molecule has 4 N–H and O–H groups in total. The van der Waals surface area contributed by atoms with Crippen LogP contribution in [-0.2, 0) is 0 Å². The quantitative estimate of drug-likeness (QED) is 0.506. The van der Waals surface area contributed by atoms with Crippen LogP contribution in [0, 0.1) is 0 Å². The lowest BCUT2D eigenvalue weighted by Gasteiger charge is -1.93. The number of hydrogen-bond acceptors (Lipinski definition) is 6. The predicted molar refractivity (Wildman–Crippen MR) is 34.3 cm³/mol. The van der Waals surface area contributed by atoms with Crippen molar-refractivity contribution >= 4 is 12.0 Å². The first-order chi connectivity index (χ1) is 4.83. The third kappa shape index (κ3) is 1.59. The minimum atomic E-state index is 0.0143. The summed E-state index contributed by atoms with van der Waals surface area (Å²) in [5.74, 6) is 0. The number of rotatable bonds is 3. The summed E-state index contributed by atoms with van der Waals surface area (Å²) in [6.07, 6.45) is 0. The molecule has 1 rings (SSSR count). The fourth-order valence-corrected chi connectivity index (χ4v) is 0.469. The van der Waals surface area contributed by atoms with E-state index in [2.05, 4.69) is 15.5 Å². The lowest BCUT2D eigenvalue weighted by atomic mass is 10.7. The van der Waals surface area contributed by atoms with Crippen LogP contribution in [0.4, 0.5) is 12.0 Å². The van der Waals surface area contributed by atoms with Gasteiger partial charge < -0.3 is 20.6 Å². The number of nitrogen functional groups attached to an aromatic ring is 1. The van der Waals surface area contributed by atoms with Crippen molar-refractivity contribution in [3.8, 4) is 0 Å². The van der Waals surface area contributed by atoms with Gasteiger partial charge in [0.2, 0.25) is 0 Å². The van der Waals surface area contributed by atoms with Crippen molar-refractivity contribution < 1.29 is 9.52 Å². The normalized spacial score (nSPS) is 9.70. The molecule has 0 amide bonds. The largest absolute Gasteiger partial charge is 0.395 e. The van der Waals surface area contributed by atoms with E-state index >= 15 is 0 Å². The summed E-state index contributed by atoms with van der Waals surface area (Å²) in [7, 11) is 0. The first kappa shape index (κ1) is 6.81. The number of nitrogens with one attached hydrogen (secondary N) is 1. The fourth-order valence-electron chi connectivity index (χ4n) is 0.469. The zero-order chi connectivity index (χ0) is 7.40. The summed E-state index contributed by atoms with van der Waals surface area (Å²) in [6.45, 7) is 0.393. The van der Waals surface area contributed by atoms with E-state index in [1.165, 1.54) is 0 Å². The minimum Gasteiger partial charge on any atom is -0.395 e. The summed E-state index contributed by atoms with van der Waals surface area (Å²) >= 11 is 0. The molecule has 0 radical (unpaired) electrons. The average molecular weight is 144 g/mol. The van der Waals surface area contributed by atoms with Crippen LogP contribution in [0.2, 0.25) is 0 Å². The highest BCUT2D eigenvalue weighted by Gasteiger charge is 1.98. The monoisotopic (exact) mass is 144 g/mol. The number of aliphatic hydroxyl groups is 1. The molecule has 1 heterocycles. The average Bonchev–Trinajstić information content (AvgIpc) is 2.31. The van der Waals surface area contributed by atoms with E-state index in [1.54, 1.807) is 0 Å². The van der Waals surface area contributed by atoms with Crippen LogP contribution < -0.4 is 11.1 Å². The Labute approximate surface area is 57.0 Å². The Morgan fingerprint density at radius 2 is 2.40 bits per heavy atom. The molecule has 0 saturated carbocycles. The van der Waals surface area contributed by atoms with Gasteiger partial charge in [-0.3, -0.25) is 0 Å². The zero-order valence-electron chi connectivity index (χ0n) is 5.24. The van der Waals surface area contributed by atoms with Crippen LogP contribution in [0.25, 0.3) is 0 Å². The van der Waals surface area contributed by atoms with E-state index in [4.69, 9.17) is 15.3 Å². The second kappa shape index (κ2) is 3.02. The number of aliphatic hydroxyl groups excluding tert-OH is 1. The van der Waals surface area contributed by atoms with Crippen molar-refractivity contribution in [2.24, 2.45) is 0 Å². The number of anilines is 2. The van der Waals surface area contributed by atoms with Crippen LogP contribution in [-0.4, -0.2) is 28.5 Å². The number of hydrogen-bond donors (Lipinski definition) is 3. The number of aromatic nitrogens is 2. The predicted octanol–water partition coefficient (Wildman–Crippen LogP) is -0.944. The van der Waals surface area contributed by atoms with E-state index in [1.807, 2.05) is 0 Å². The Bertz CT molecular complexity index is 199. The fraction of sp³-hybridized carbons (Fsp3) is 0.500. The molecule has 0 aliphatic carbocycles. The standard InChI is InChI=1S/C4H8N4O2/c5-3-7-8-4(10-3)6-1-2-9/h9H,1-2H2,(H2,5,7)(H,6,8). The van der Waals surface area contributed by atoms with E-state index in [-0.39, 0.29) is 18.6 Å². The van der Waals surface area contributed by atoms with Gasteiger partial charge in [0.25, 0.3) is 0 Å². The summed E-state index contributed by atoms with van der Waals surface area (Å²) < 4.78 is 4.72. The highest BCUT2D eigenvalue weighted by Crippen LogP contribution is 2.04. The Morgan fingerprint density at radius 3 is 2.90 bits per heavy atom. The molecule has 56 valence electrons. The molecule has 0 spiro atoms. The molecule has 1 aromatic rings. The molecule has 10 heavy (non-hydrogen) atoms. The lowest BCUT2D eigenvalue weighted by molar-refractivity contribution is 0.309. The summed E-state index contributed by atoms with van der Waals surface area (Å²) in [5.41, 5.74) is 5.11. The molecule has 6 nitrogen and oxygen atoms in total. The maximum Gasteiger partial charge on any atom is 0.316 e. The van der Waals surface area contributed by atoms with Gasteiger partial charge in [0, 0.05) is 6.54 Å². The van der Waals surface area contributed by atoms with Gasteiger partial charge in [-0.2, -0.15) is 0 Å². The van der Waals surface area contributed by atoms with Crippen molar-refractivity contribution in [2.45, 2.75) is 0 Å². The Kier molecular flexibility index (Phi) is 2.06. The summed E-state index contributed by atoms with van der Waals surface area (Å²) in [4.78, 5) is 0. The van der Waals surface area contributed by atoms with E-state index in [9.17, 15) is 0 Å². The van der Waals surface area contributed by atoms with Gasteiger partial charge in [-0.1, -0.05) is 10.2 Å². The van der Waals surface area contributed by atoms with Crippen molar-refractivity contribution in [3.63, 3.8) is 0 Å². The van der Waals surface area contributed by atoms with Gasteiger partial charge in [-0.05, 0) is 0 Å². The maximum absolute atomic E-state index is 8.35. The molecule has 0 fully saturated rings. The molecule has 0 aliphatic heterocycles. The molecule has 6 heteroatoms. The highest BCUT2D eigenvalue weighted by atomic mass is 16.4. The minimum absolute atomic E-state index is 0.0143. The topological polar surface area (TPSA) is 97.2 Å². The second-order valence-corrected chi connectivity index (χ2v) is 1.60. The van der Waals surface area contributed by atoms with Gasteiger partial charge >= 0.3 is 12.0 Å². The summed E-state index contributed by atoms with van der Waals surface area (Å²) in [6, 6.07) is 0.243. The van der Waals surface area contributed by atoms with Gasteiger partial charge in [0.1, 0.15) is 0 Å². The molecule has 0 atom stereocenters. The van der Waals surface area contributed by atoms with Crippen LogP contribution in [0.1, 0.15) is 0 Å². The smallest absolute Gasteiger partial charge is 0.316 e. The molecular weight excluding hydrogens is 136 g/mol. The second-order valence-electron chi connectivity index (χ2n) is 1.60. The first-order valence-electron chi connectivity index (χ1n) is 2.76. The third-order valence-electron chi connectivity index (χ3n) is 0.829. The molecule has 1 aromatic heterocycles. The van der Waals surface area contributed by atoms with E-state index in [0.717, 1.165) is 0 Å². The zero-order valence-corrected chi connectivity index (χ0v) is 5.24. The van der Waals surface area contributed by atoms with Crippen LogP contribution in [0.5, 0.6) is 0 Å². The first-order valence-corrected chi connectivity index (χ1v) is 2.76. The molecule has 0 bridgehead atoms. The molecule has 0 aliphatic rings. The molecular formula is C4H8N4O2. The van der Waals surface area contributed by atoms with Crippen molar-refractivity contribution in [1.82, 2.24) is 10.2 Å². The Morgan fingerprint density at radius 1 is 1.60 bits per heavy atom. The van der Waals surface area contributed by atoms with Crippen molar-refractivity contribution in [1.29, 1.82) is 0 Å². The van der Waals surface area contributed by atoms with E-state index in [0.29, 0.717) is 6.54 Å². The SMILES string of the molecule is Nc1nnc(NCCO)o1. The van der Waals surface area contributed by atoms with Gasteiger partial charge in [0.05, 0.1) is 6.61 Å². The Balaban J connectivity index is 2.42. The Hall–Kier alpha value is -1.30. The lowest BCUT2D eigenvalue weighted by Crippen LogP contribution is -2.05. The highest BCUT2D eigenvalue weighted by molar-refractivity contribution is 5.21. The number of nitrogens with zero attached hydrogens (tertiary/aromatic N) is 2.